The summed E-state index contributed by atoms with van der Waals surface area (Å²) in [5, 5.41) is 1.01. The first kappa shape index (κ1) is 13.7. The number of hydrogen-bond acceptors (Lipinski definition) is 3. The van der Waals surface area contributed by atoms with Crippen LogP contribution in [-0.2, 0) is 4.74 Å². The predicted molar refractivity (Wildman–Crippen MR) is 76.5 cm³/mol. The summed E-state index contributed by atoms with van der Waals surface area (Å²) < 4.78 is 5.34. The van der Waals surface area contributed by atoms with E-state index in [2.05, 4.69) is 11.9 Å². The molecule has 0 N–H and O–H groups in total. The van der Waals surface area contributed by atoms with Gasteiger partial charge in [-0.15, -0.1) is 0 Å². The Bertz CT molecular complexity index is 578. The van der Waals surface area contributed by atoms with Crippen molar-refractivity contribution in [1.82, 2.24) is 4.98 Å². The Labute approximate surface area is 113 Å². The molecule has 0 aliphatic heterocycles. The molecule has 0 unspecified atom stereocenters. The first-order valence-electron chi connectivity index (χ1n) is 6.69. The van der Waals surface area contributed by atoms with Gasteiger partial charge in [-0.25, -0.2) is 0 Å². The lowest BCUT2D eigenvalue weighted by Crippen LogP contribution is -2.05. The minimum Gasteiger partial charge on any atom is -0.381 e. The van der Waals surface area contributed by atoms with Gasteiger partial charge in [0.2, 0.25) is 0 Å². The second-order valence-corrected chi connectivity index (χ2v) is 4.65. The van der Waals surface area contributed by atoms with E-state index in [0.717, 1.165) is 28.6 Å². The molecule has 0 atom stereocenters. The van der Waals surface area contributed by atoms with Gasteiger partial charge in [-0.1, -0.05) is 13.0 Å². The molecule has 3 heteroatoms. The molecule has 0 bridgehead atoms. The maximum Gasteiger partial charge on any atom is 0.165 e. The van der Waals surface area contributed by atoms with Crippen LogP contribution >= 0.6 is 0 Å². The number of aromatic nitrogens is 1. The van der Waals surface area contributed by atoms with Crippen LogP contribution in [0.4, 0.5) is 0 Å². The first-order chi connectivity index (χ1) is 9.20. The van der Waals surface area contributed by atoms with Gasteiger partial charge in [-0.2, -0.15) is 0 Å². The second-order valence-electron chi connectivity index (χ2n) is 4.65. The molecule has 0 aliphatic carbocycles. The molecule has 100 valence electrons. The molecular formula is C16H19NO2. The van der Waals surface area contributed by atoms with Crippen LogP contribution in [0.1, 0.15) is 35.8 Å². The van der Waals surface area contributed by atoms with Gasteiger partial charge >= 0.3 is 0 Å². The molecule has 1 aromatic heterocycles. The van der Waals surface area contributed by atoms with E-state index in [-0.39, 0.29) is 5.78 Å². The molecule has 0 aliphatic rings. The minimum absolute atomic E-state index is 0.124. The molecule has 0 fully saturated rings. The zero-order valence-electron chi connectivity index (χ0n) is 11.5. The highest BCUT2D eigenvalue weighted by Gasteiger charge is 2.07. The van der Waals surface area contributed by atoms with Crippen molar-refractivity contribution < 1.29 is 9.53 Å². The summed E-state index contributed by atoms with van der Waals surface area (Å²) in [5.41, 5.74) is 2.65. The number of fused-ring (bicyclic) bond motifs is 1. The van der Waals surface area contributed by atoms with Crippen molar-refractivity contribution >= 4 is 16.7 Å². The zero-order valence-corrected chi connectivity index (χ0v) is 11.5. The minimum atomic E-state index is 0.124. The molecule has 3 nitrogen and oxygen atoms in total. The normalized spacial score (nSPS) is 10.8. The molecule has 2 aromatic rings. The number of aryl methyl sites for hydroxylation is 1. The third kappa shape index (κ3) is 3.61. The molecule has 0 spiro atoms. The lowest BCUT2D eigenvalue weighted by Gasteiger charge is -2.04. The lowest BCUT2D eigenvalue weighted by atomic mass is 10.1. The summed E-state index contributed by atoms with van der Waals surface area (Å²) in [6, 6.07) is 9.62. The van der Waals surface area contributed by atoms with Crippen molar-refractivity contribution in [3.63, 3.8) is 0 Å². The van der Waals surface area contributed by atoms with Gasteiger partial charge < -0.3 is 4.74 Å². The molecule has 1 heterocycles. The van der Waals surface area contributed by atoms with Gasteiger partial charge in [0.25, 0.3) is 0 Å². The van der Waals surface area contributed by atoms with E-state index in [1.54, 1.807) is 0 Å². The lowest BCUT2D eigenvalue weighted by molar-refractivity contribution is 0.0879. The van der Waals surface area contributed by atoms with Crippen molar-refractivity contribution in [3.8, 4) is 0 Å². The molecule has 0 amide bonds. The topological polar surface area (TPSA) is 39.2 Å². The average molecular weight is 257 g/mol. The van der Waals surface area contributed by atoms with Crippen LogP contribution in [0.25, 0.3) is 10.9 Å². The highest BCUT2D eigenvalue weighted by molar-refractivity contribution is 5.99. The molecular weight excluding hydrogens is 238 g/mol. The van der Waals surface area contributed by atoms with Crippen molar-refractivity contribution in [2.75, 3.05) is 13.2 Å². The van der Waals surface area contributed by atoms with E-state index in [9.17, 15) is 4.79 Å². The summed E-state index contributed by atoms with van der Waals surface area (Å²) >= 11 is 0. The second kappa shape index (κ2) is 6.43. The van der Waals surface area contributed by atoms with E-state index in [1.165, 1.54) is 0 Å². The Morgan fingerprint density at radius 2 is 2.05 bits per heavy atom. The van der Waals surface area contributed by atoms with Crippen molar-refractivity contribution in [2.24, 2.45) is 0 Å². The maximum absolute atomic E-state index is 12.0. The summed E-state index contributed by atoms with van der Waals surface area (Å²) in [4.78, 5) is 16.4. The first-order valence-corrected chi connectivity index (χ1v) is 6.69. The van der Waals surface area contributed by atoms with Crippen LogP contribution in [0.15, 0.2) is 30.3 Å². The number of Topliss-reactive ketones (excluding diaryl/α,β-unsaturated/α-hetero) is 1. The van der Waals surface area contributed by atoms with E-state index >= 15 is 0 Å². The van der Waals surface area contributed by atoms with Crippen LogP contribution in [0.5, 0.6) is 0 Å². The summed E-state index contributed by atoms with van der Waals surface area (Å²) in [6.45, 7) is 5.23. The monoisotopic (exact) mass is 257 g/mol. The Morgan fingerprint density at radius 1 is 1.21 bits per heavy atom. The summed E-state index contributed by atoms with van der Waals surface area (Å²) in [6.07, 6.45) is 1.42. The van der Waals surface area contributed by atoms with Gasteiger partial charge in [0, 0.05) is 29.7 Å². The van der Waals surface area contributed by atoms with Gasteiger partial charge in [-0.05, 0) is 37.6 Å². The van der Waals surface area contributed by atoms with Crippen molar-refractivity contribution in [2.45, 2.75) is 26.7 Å². The third-order valence-electron chi connectivity index (χ3n) is 2.97. The number of hydrogen-bond donors (Lipinski definition) is 0. The van der Waals surface area contributed by atoms with Gasteiger partial charge in [-0.3, -0.25) is 9.78 Å². The Kier molecular flexibility index (Phi) is 4.63. The number of nitrogens with zero attached hydrogens (tertiary/aromatic N) is 1. The summed E-state index contributed by atoms with van der Waals surface area (Å²) in [5.74, 6) is 0.124. The Hall–Kier alpha value is -1.74. The number of benzene rings is 1. The number of ether oxygens (including phenoxy) is 1. The Balaban J connectivity index is 2.08. The highest BCUT2D eigenvalue weighted by Crippen LogP contribution is 2.16. The number of carbonyl (C=O) groups excluding carboxylic acids is 1. The fourth-order valence-electron chi connectivity index (χ4n) is 1.96. The fraction of sp³-hybridized carbons (Fsp3) is 0.375. The third-order valence-corrected chi connectivity index (χ3v) is 2.97. The van der Waals surface area contributed by atoms with E-state index in [1.807, 2.05) is 37.3 Å². The van der Waals surface area contributed by atoms with Crippen LogP contribution in [0.2, 0.25) is 0 Å². The van der Waals surface area contributed by atoms with E-state index in [0.29, 0.717) is 19.6 Å². The highest BCUT2D eigenvalue weighted by atomic mass is 16.5. The van der Waals surface area contributed by atoms with E-state index in [4.69, 9.17) is 4.74 Å². The summed E-state index contributed by atoms with van der Waals surface area (Å²) in [7, 11) is 0. The average Bonchev–Trinajstić information content (AvgIpc) is 2.42. The number of ketones is 1. The standard InChI is InChI=1S/C16H19NO2/c1-3-9-19-10-8-16(18)14-6-7-15-13(11-14)5-4-12(2)17-15/h4-7,11H,3,8-10H2,1-2H3. The van der Waals surface area contributed by atoms with Gasteiger partial charge in [0.05, 0.1) is 12.1 Å². The smallest absolute Gasteiger partial charge is 0.165 e. The van der Waals surface area contributed by atoms with E-state index < -0.39 is 0 Å². The maximum atomic E-state index is 12.0. The van der Waals surface area contributed by atoms with Crippen LogP contribution in [0, 0.1) is 6.92 Å². The van der Waals surface area contributed by atoms with Crippen molar-refractivity contribution in [1.29, 1.82) is 0 Å². The fourth-order valence-corrected chi connectivity index (χ4v) is 1.96. The van der Waals surface area contributed by atoms with Crippen LogP contribution in [0.3, 0.4) is 0 Å². The molecule has 19 heavy (non-hydrogen) atoms. The van der Waals surface area contributed by atoms with Crippen LogP contribution in [-0.4, -0.2) is 24.0 Å². The quantitative estimate of drug-likeness (QED) is 0.587. The Morgan fingerprint density at radius 3 is 2.84 bits per heavy atom. The number of rotatable bonds is 6. The number of carbonyl (C=O) groups is 1. The largest absolute Gasteiger partial charge is 0.381 e. The molecule has 0 radical (unpaired) electrons. The molecule has 0 saturated carbocycles. The molecule has 1 aromatic carbocycles. The molecule has 2 rings (SSSR count). The molecule has 0 saturated heterocycles. The van der Waals surface area contributed by atoms with Gasteiger partial charge in [0.15, 0.2) is 5.78 Å². The van der Waals surface area contributed by atoms with Crippen molar-refractivity contribution in [3.05, 3.63) is 41.6 Å². The predicted octanol–water partition coefficient (Wildman–Crippen LogP) is 3.54. The van der Waals surface area contributed by atoms with Gasteiger partial charge in [0.1, 0.15) is 0 Å². The number of pyridine rings is 1. The zero-order chi connectivity index (χ0) is 13.7. The SMILES string of the molecule is CCCOCCC(=O)c1ccc2nc(C)ccc2c1. The van der Waals surface area contributed by atoms with Crippen LogP contribution < -0.4 is 0 Å².